The van der Waals surface area contributed by atoms with Gasteiger partial charge in [0.25, 0.3) is 0 Å². The number of methoxy groups -OCH3 is 2. The third-order valence-corrected chi connectivity index (χ3v) is 4.27. The van der Waals surface area contributed by atoms with Crippen molar-refractivity contribution in [2.45, 2.75) is 38.6 Å². The summed E-state index contributed by atoms with van der Waals surface area (Å²) in [6.45, 7) is 1.95. The van der Waals surface area contributed by atoms with Crippen LogP contribution >= 0.6 is 0 Å². The van der Waals surface area contributed by atoms with Crippen molar-refractivity contribution in [1.82, 2.24) is 5.32 Å². The molecule has 0 aliphatic heterocycles. The molecule has 130 valence electrons. The minimum Gasteiger partial charge on any atom is -0.497 e. The van der Waals surface area contributed by atoms with Crippen LogP contribution in [-0.4, -0.2) is 31.2 Å². The predicted octanol–water partition coefficient (Wildman–Crippen LogP) is 2.84. The van der Waals surface area contributed by atoms with Crippen LogP contribution < -0.4 is 14.8 Å². The maximum Gasteiger partial charge on any atom is 0.305 e. The van der Waals surface area contributed by atoms with Gasteiger partial charge in [0, 0.05) is 17.2 Å². The van der Waals surface area contributed by atoms with E-state index < -0.39 is 12.0 Å². The van der Waals surface area contributed by atoms with E-state index in [-0.39, 0.29) is 12.3 Å². The van der Waals surface area contributed by atoms with Crippen molar-refractivity contribution in [2.24, 2.45) is 0 Å². The third-order valence-electron chi connectivity index (χ3n) is 4.27. The van der Waals surface area contributed by atoms with Gasteiger partial charge in [-0.2, -0.15) is 0 Å². The summed E-state index contributed by atoms with van der Waals surface area (Å²) in [5.74, 6) is -0.104. The number of nitrogens with one attached hydrogen (secondary N) is 1. The molecule has 0 radical (unpaired) electrons. The van der Waals surface area contributed by atoms with Crippen LogP contribution in [0.25, 0.3) is 0 Å². The summed E-state index contributed by atoms with van der Waals surface area (Å²) >= 11 is 0. The molecule has 0 fully saturated rings. The number of allylic oxidation sites excluding steroid dienone is 1. The smallest absolute Gasteiger partial charge is 0.305 e. The van der Waals surface area contributed by atoms with Gasteiger partial charge in [-0.25, -0.2) is 0 Å². The summed E-state index contributed by atoms with van der Waals surface area (Å²) in [5.41, 5.74) is 2.45. The van der Waals surface area contributed by atoms with Crippen molar-refractivity contribution >= 4 is 11.9 Å². The molecule has 0 saturated carbocycles. The highest BCUT2D eigenvalue weighted by atomic mass is 16.5. The van der Waals surface area contributed by atoms with Crippen LogP contribution in [0.3, 0.4) is 0 Å². The van der Waals surface area contributed by atoms with E-state index in [9.17, 15) is 14.7 Å². The zero-order valence-electron chi connectivity index (χ0n) is 14.2. The fourth-order valence-corrected chi connectivity index (χ4v) is 2.97. The average Bonchev–Trinajstić information content (AvgIpc) is 2.99. The van der Waals surface area contributed by atoms with Gasteiger partial charge < -0.3 is 19.9 Å². The lowest BCUT2D eigenvalue weighted by Gasteiger charge is -2.21. The first kappa shape index (κ1) is 17.8. The van der Waals surface area contributed by atoms with Crippen molar-refractivity contribution < 1.29 is 24.2 Å². The number of carbonyl (C=O) groups excluding carboxylic acids is 1. The molecule has 0 spiro atoms. The molecule has 1 atom stereocenters. The molecule has 6 nitrogen and oxygen atoms in total. The summed E-state index contributed by atoms with van der Waals surface area (Å²) < 4.78 is 10.5. The number of aliphatic carboxylic acids is 1. The minimum atomic E-state index is -0.990. The maximum absolute atomic E-state index is 12.5. The Kier molecular flexibility index (Phi) is 5.84. The van der Waals surface area contributed by atoms with Gasteiger partial charge in [-0.15, -0.1) is 0 Å². The van der Waals surface area contributed by atoms with Crippen LogP contribution in [0.5, 0.6) is 11.5 Å². The average molecular weight is 333 g/mol. The molecular weight excluding hydrogens is 310 g/mol. The number of hydrogen-bond acceptors (Lipinski definition) is 4. The van der Waals surface area contributed by atoms with Crippen LogP contribution in [-0.2, 0) is 9.59 Å². The second-order valence-corrected chi connectivity index (χ2v) is 5.84. The predicted molar refractivity (Wildman–Crippen MR) is 89.2 cm³/mol. The van der Waals surface area contributed by atoms with Crippen molar-refractivity contribution in [3.8, 4) is 11.5 Å². The lowest BCUT2D eigenvalue weighted by atomic mass is 10.0. The van der Waals surface area contributed by atoms with Gasteiger partial charge in [0.1, 0.15) is 11.5 Å². The second-order valence-electron chi connectivity index (χ2n) is 5.84. The molecule has 2 rings (SSSR count). The first-order valence-corrected chi connectivity index (χ1v) is 7.89. The van der Waals surface area contributed by atoms with Crippen molar-refractivity contribution in [3.63, 3.8) is 0 Å². The molecule has 6 heteroatoms. The lowest BCUT2D eigenvalue weighted by Crippen LogP contribution is -2.31. The van der Waals surface area contributed by atoms with Crippen LogP contribution in [0.2, 0.25) is 0 Å². The molecule has 1 aromatic rings. The number of carboxylic acid groups (broad SMARTS) is 1. The highest BCUT2D eigenvalue weighted by molar-refractivity contribution is 5.95. The minimum absolute atomic E-state index is 0.200. The Labute approximate surface area is 141 Å². The van der Waals surface area contributed by atoms with E-state index in [4.69, 9.17) is 9.47 Å². The quantitative estimate of drug-likeness (QED) is 0.801. The molecule has 0 saturated heterocycles. The molecule has 1 aliphatic carbocycles. The lowest BCUT2D eigenvalue weighted by molar-refractivity contribution is -0.137. The van der Waals surface area contributed by atoms with Crippen molar-refractivity contribution in [1.29, 1.82) is 0 Å². The van der Waals surface area contributed by atoms with Crippen molar-refractivity contribution in [3.05, 3.63) is 34.9 Å². The first-order chi connectivity index (χ1) is 11.5. The highest BCUT2D eigenvalue weighted by Gasteiger charge is 2.25. The van der Waals surface area contributed by atoms with Gasteiger partial charge in [0.05, 0.1) is 26.7 Å². The van der Waals surface area contributed by atoms with E-state index in [0.29, 0.717) is 17.1 Å². The van der Waals surface area contributed by atoms with E-state index in [1.807, 2.05) is 6.92 Å². The number of hydrogen-bond donors (Lipinski definition) is 2. The summed E-state index contributed by atoms with van der Waals surface area (Å²) in [5, 5.41) is 12.1. The van der Waals surface area contributed by atoms with Gasteiger partial charge in [0.2, 0.25) is 5.91 Å². The van der Waals surface area contributed by atoms with E-state index in [1.54, 1.807) is 25.3 Å². The summed E-state index contributed by atoms with van der Waals surface area (Å²) in [7, 11) is 3.04. The molecule has 0 heterocycles. The van der Waals surface area contributed by atoms with Crippen LogP contribution in [0.4, 0.5) is 0 Å². The Morgan fingerprint density at radius 3 is 2.54 bits per heavy atom. The van der Waals surface area contributed by atoms with E-state index >= 15 is 0 Å². The van der Waals surface area contributed by atoms with Gasteiger partial charge in [-0.3, -0.25) is 9.59 Å². The molecule has 0 aromatic heterocycles. The van der Waals surface area contributed by atoms with Crippen LogP contribution in [0.1, 0.15) is 44.2 Å². The number of ether oxygens (including phenoxy) is 2. The number of carbonyl (C=O) groups is 2. The SMILES string of the molecule is COc1ccc(C(CC(=O)O)NC(=O)C2=C(C)CCC2)c(OC)c1. The second kappa shape index (κ2) is 7.86. The zero-order valence-corrected chi connectivity index (χ0v) is 14.2. The molecule has 1 aromatic carbocycles. The van der Waals surface area contributed by atoms with Gasteiger partial charge in [-0.05, 0) is 38.3 Å². The number of rotatable bonds is 7. The summed E-state index contributed by atoms with van der Waals surface area (Å²) in [6, 6.07) is 4.45. The third kappa shape index (κ3) is 4.07. The monoisotopic (exact) mass is 333 g/mol. The molecular formula is C18H23NO5. The molecule has 1 amide bonds. The summed E-state index contributed by atoms with van der Waals surface area (Å²) in [6.07, 6.45) is 2.39. The van der Waals surface area contributed by atoms with Crippen LogP contribution in [0.15, 0.2) is 29.3 Å². The molecule has 1 unspecified atom stereocenters. The molecule has 24 heavy (non-hydrogen) atoms. The molecule has 0 bridgehead atoms. The number of carboxylic acids is 1. The zero-order chi connectivity index (χ0) is 17.7. The van der Waals surface area contributed by atoms with E-state index in [1.165, 1.54) is 7.11 Å². The van der Waals surface area contributed by atoms with Crippen LogP contribution in [0, 0.1) is 0 Å². The largest absolute Gasteiger partial charge is 0.497 e. The fraction of sp³-hybridized carbons (Fsp3) is 0.444. The Morgan fingerprint density at radius 2 is 2.00 bits per heavy atom. The molecule has 1 aliphatic rings. The van der Waals surface area contributed by atoms with E-state index in [0.717, 1.165) is 30.4 Å². The Bertz CT molecular complexity index is 665. The Balaban J connectivity index is 2.30. The molecule has 2 N–H and O–H groups in total. The normalized spacial score (nSPS) is 15.1. The number of amides is 1. The number of benzene rings is 1. The van der Waals surface area contributed by atoms with Crippen molar-refractivity contribution in [2.75, 3.05) is 14.2 Å². The fourth-order valence-electron chi connectivity index (χ4n) is 2.97. The Morgan fingerprint density at radius 1 is 1.25 bits per heavy atom. The maximum atomic E-state index is 12.5. The topological polar surface area (TPSA) is 84.9 Å². The summed E-state index contributed by atoms with van der Waals surface area (Å²) in [4.78, 5) is 23.8. The highest BCUT2D eigenvalue weighted by Crippen LogP contribution is 2.32. The Hall–Kier alpha value is -2.50. The van der Waals surface area contributed by atoms with E-state index in [2.05, 4.69) is 5.32 Å². The first-order valence-electron chi connectivity index (χ1n) is 7.89. The van der Waals surface area contributed by atoms with Gasteiger partial charge in [-0.1, -0.05) is 5.57 Å². The standard InChI is InChI=1S/C18H23NO5/c1-11-5-4-6-13(11)18(22)19-15(10-17(20)21)14-8-7-12(23-2)9-16(14)24-3/h7-9,15H,4-6,10H2,1-3H3,(H,19,22)(H,20,21). The van der Waals surface area contributed by atoms with Gasteiger partial charge >= 0.3 is 5.97 Å². The van der Waals surface area contributed by atoms with Gasteiger partial charge in [0.15, 0.2) is 0 Å².